The maximum absolute atomic E-state index is 11.8. The van der Waals surface area contributed by atoms with E-state index in [0.717, 1.165) is 0 Å². The van der Waals surface area contributed by atoms with E-state index in [4.69, 9.17) is 10.2 Å². The average Bonchev–Trinajstić information content (AvgIpc) is 2.42. The van der Waals surface area contributed by atoms with E-state index in [-0.39, 0.29) is 18.4 Å². The van der Waals surface area contributed by atoms with Gasteiger partial charge in [0.15, 0.2) is 0 Å². The highest BCUT2D eigenvalue weighted by atomic mass is 16.4. The standard InChI is InChI=1S/C13H13NO6/c15-7-8-1-3-9(4-2-8)12(18)14-10(13(19)20)5-6-11(16)17/h1-4,7,10H,5-6H2,(H,14,18)(H,16,17)(H,19,20)/t10-/m0/s1. The lowest BCUT2D eigenvalue weighted by molar-refractivity contribution is -0.140. The first-order chi connectivity index (χ1) is 9.43. The molecule has 1 atom stereocenters. The zero-order valence-corrected chi connectivity index (χ0v) is 10.4. The topological polar surface area (TPSA) is 121 Å². The fourth-order valence-corrected chi connectivity index (χ4v) is 1.48. The number of nitrogens with one attached hydrogen (secondary N) is 1. The molecule has 1 aromatic rings. The molecule has 1 rings (SSSR count). The summed E-state index contributed by atoms with van der Waals surface area (Å²) in [4.78, 5) is 43.6. The van der Waals surface area contributed by atoms with Gasteiger partial charge in [-0.1, -0.05) is 12.1 Å². The smallest absolute Gasteiger partial charge is 0.326 e. The van der Waals surface area contributed by atoms with E-state index in [9.17, 15) is 19.2 Å². The van der Waals surface area contributed by atoms with Gasteiger partial charge in [0.05, 0.1) is 0 Å². The number of benzene rings is 1. The number of hydrogen-bond acceptors (Lipinski definition) is 4. The lowest BCUT2D eigenvalue weighted by Crippen LogP contribution is -2.41. The van der Waals surface area contributed by atoms with Crippen LogP contribution >= 0.6 is 0 Å². The summed E-state index contributed by atoms with van der Waals surface area (Å²) in [7, 11) is 0. The van der Waals surface area contributed by atoms with Gasteiger partial charge in [-0.05, 0) is 18.6 Å². The Morgan fingerprint density at radius 2 is 1.75 bits per heavy atom. The van der Waals surface area contributed by atoms with Gasteiger partial charge < -0.3 is 15.5 Å². The molecule has 0 unspecified atom stereocenters. The molecule has 106 valence electrons. The summed E-state index contributed by atoms with van der Waals surface area (Å²) in [6.07, 6.45) is 0.0543. The second-order valence-corrected chi connectivity index (χ2v) is 4.04. The molecule has 3 N–H and O–H groups in total. The Balaban J connectivity index is 2.71. The molecule has 20 heavy (non-hydrogen) atoms. The van der Waals surface area contributed by atoms with Gasteiger partial charge >= 0.3 is 11.9 Å². The Labute approximate surface area is 114 Å². The molecule has 0 aliphatic heterocycles. The summed E-state index contributed by atoms with van der Waals surface area (Å²) in [5.74, 6) is -3.08. The second-order valence-electron chi connectivity index (χ2n) is 4.04. The normalized spacial score (nSPS) is 11.4. The van der Waals surface area contributed by atoms with E-state index in [1.165, 1.54) is 24.3 Å². The van der Waals surface area contributed by atoms with Crippen molar-refractivity contribution in [3.05, 3.63) is 35.4 Å². The number of rotatable bonds is 7. The van der Waals surface area contributed by atoms with Crippen LogP contribution in [0.25, 0.3) is 0 Å². The van der Waals surface area contributed by atoms with Crippen molar-refractivity contribution in [3.63, 3.8) is 0 Å². The molecule has 0 saturated carbocycles. The molecule has 0 aliphatic rings. The van der Waals surface area contributed by atoms with Gasteiger partial charge in [0.1, 0.15) is 12.3 Å². The number of amides is 1. The predicted molar refractivity (Wildman–Crippen MR) is 67.6 cm³/mol. The minimum absolute atomic E-state index is 0.192. The maximum atomic E-state index is 11.8. The molecule has 0 spiro atoms. The summed E-state index contributed by atoms with van der Waals surface area (Å²) < 4.78 is 0. The number of carboxylic acid groups (broad SMARTS) is 2. The monoisotopic (exact) mass is 279 g/mol. The third-order valence-electron chi connectivity index (χ3n) is 2.56. The van der Waals surface area contributed by atoms with Crippen molar-refractivity contribution in [2.24, 2.45) is 0 Å². The first kappa shape index (κ1) is 15.4. The van der Waals surface area contributed by atoms with Crippen LogP contribution in [0.4, 0.5) is 0 Å². The van der Waals surface area contributed by atoms with Crippen LogP contribution in [0.3, 0.4) is 0 Å². The Morgan fingerprint density at radius 3 is 2.20 bits per heavy atom. The molecule has 1 aromatic carbocycles. The lowest BCUT2D eigenvalue weighted by atomic mass is 10.1. The molecule has 0 heterocycles. The number of aliphatic carboxylic acids is 2. The van der Waals surface area contributed by atoms with E-state index in [2.05, 4.69) is 5.32 Å². The van der Waals surface area contributed by atoms with Crippen LogP contribution in [0.15, 0.2) is 24.3 Å². The van der Waals surface area contributed by atoms with E-state index in [1.54, 1.807) is 0 Å². The van der Waals surface area contributed by atoms with Crippen LogP contribution in [0.2, 0.25) is 0 Å². The number of carboxylic acids is 2. The zero-order chi connectivity index (χ0) is 15.1. The van der Waals surface area contributed by atoms with E-state index >= 15 is 0 Å². The van der Waals surface area contributed by atoms with Gasteiger partial charge in [0.2, 0.25) is 0 Å². The first-order valence-corrected chi connectivity index (χ1v) is 5.74. The Hall–Kier alpha value is -2.70. The molecular weight excluding hydrogens is 266 g/mol. The molecule has 7 heteroatoms. The number of carbonyl (C=O) groups excluding carboxylic acids is 2. The van der Waals surface area contributed by atoms with Crippen LogP contribution in [0, 0.1) is 0 Å². The zero-order valence-electron chi connectivity index (χ0n) is 10.4. The molecule has 7 nitrogen and oxygen atoms in total. The molecule has 1 amide bonds. The summed E-state index contributed by atoms with van der Waals surface area (Å²) in [5.41, 5.74) is 0.583. The van der Waals surface area contributed by atoms with Crippen LogP contribution < -0.4 is 5.32 Å². The van der Waals surface area contributed by atoms with Gasteiger partial charge in [-0.3, -0.25) is 14.4 Å². The maximum Gasteiger partial charge on any atom is 0.326 e. The van der Waals surface area contributed by atoms with Gasteiger partial charge in [-0.25, -0.2) is 4.79 Å². The highest BCUT2D eigenvalue weighted by Gasteiger charge is 2.21. The molecule has 0 saturated heterocycles. The van der Waals surface area contributed by atoms with Crippen LogP contribution in [-0.4, -0.2) is 40.4 Å². The second kappa shape index (κ2) is 7.03. The molecule has 0 aliphatic carbocycles. The van der Waals surface area contributed by atoms with Gasteiger partial charge in [-0.2, -0.15) is 0 Å². The van der Waals surface area contributed by atoms with Crippen molar-refractivity contribution >= 4 is 24.1 Å². The molecule has 0 aromatic heterocycles. The number of aldehydes is 1. The van der Waals surface area contributed by atoms with Crippen molar-refractivity contribution in [1.82, 2.24) is 5.32 Å². The largest absolute Gasteiger partial charge is 0.481 e. The van der Waals surface area contributed by atoms with Crippen molar-refractivity contribution in [2.45, 2.75) is 18.9 Å². The molecular formula is C13H13NO6. The minimum Gasteiger partial charge on any atom is -0.481 e. The average molecular weight is 279 g/mol. The van der Waals surface area contributed by atoms with Gasteiger partial charge in [-0.15, -0.1) is 0 Å². The molecule has 0 radical (unpaired) electrons. The minimum atomic E-state index is -1.30. The summed E-state index contributed by atoms with van der Waals surface area (Å²) in [6, 6.07) is 4.35. The van der Waals surface area contributed by atoms with Crippen LogP contribution in [0.1, 0.15) is 33.6 Å². The highest BCUT2D eigenvalue weighted by molar-refractivity contribution is 5.97. The quantitative estimate of drug-likeness (QED) is 0.627. The summed E-state index contributed by atoms with van der Waals surface area (Å²) in [6.45, 7) is 0. The van der Waals surface area contributed by atoms with Gasteiger partial charge in [0, 0.05) is 17.5 Å². The first-order valence-electron chi connectivity index (χ1n) is 5.74. The van der Waals surface area contributed by atoms with E-state index in [0.29, 0.717) is 11.8 Å². The third kappa shape index (κ3) is 4.52. The highest BCUT2D eigenvalue weighted by Crippen LogP contribution is 2.05. The van der Waals surface area contributed by atoms with E-state index < -0.39 is 23.9 Å². The number of carbonyl (C=O) groups is 4. The Kier molecular flexibility index (Phi) is 5.40. The van der Waals surface area contributed by atoms with Crippen molar-refractivity contribution in [2.75, 3.05) is 0 Å². The van der Waals surface area contributed by atoms with Crippen LogP contribution in [0.5, 0.6) is 0 Å². The van der Waals surface area contributed by atoms with Crippen molar-refractivity contribution in [1.29, 1.82) is 0 Å². The van der Waals surface area contributed by atoms with Crippen molar-refractivity contribution in [3.8, 4) is 0 Å². The number of hydrogen-bond donors (Lipinski definition) is 3. The third-order valence-corrected chi connectivity index (χ3v) is 2.56. The molecule has 0 fully saturated rings. The summed E-state index contributed by atoms with van der Waals surface area (Å²) >= 11 is 0. The fraction of sp³-hybridized carbons (Fsp3) is 0.231. The van der Waals surface area contributed by atoms with Crippen molar-refractivity contribution < 1.29 is 29.4 Å². The Morgan fingerprint density at radius 1 is 1.15 bits per heavy atom. The summed E-state index contributed by atoms with van der Waals surface area (Å²) in [5, 5.41) is 19.7. The van der Waals surface area contributed by atoms with Gasteiger partial charge in [0.25, 0.3) is 5.91 Å². The predicted octanol–water partition coefficient (Wildman–Crippen LogP) is 0.547. The van der Waals surface area contributed by atoms with E-state index in [1.807, 2.05) is 0 Å². The lowest BCUT2D eigenvalue weighted by Gasteiger charge is -2.13. The Bertz CT molecular complexity index is 522. The SMILES string of the molecule is O=Cc1ccc(C(=O)N[C@@H](CCC(=O)O)C(=O)O)cc1. The fourth-order valence-electron chi connectivity index (χ4n) is 1.48. The molecule has 0 bridgehead atoms. The van der Waals surface area contributed by atoms with Crippen LogP contribution in [-0.2, 0) is 9.59 Å².